The molecule has 1 fully saturated rings. The van der Waals surface area contributed by atoms with Crippen LogP contribution in [-0.4, -0.2) is 30.1 Å². The van der Waals surface area contributed by atoms with Gasteiger partial charge in [-0.05, 0) is 29.3 Å². The molecule has 1 aliphatic rings. The summed E-state index contributed by atoms with van der Waals surface area (Å²) in [7, 11) is 1.68. The second-order valence-electron chi connectivity index (χ2n) is 5.87. The average molecular weight is 305 g/mol. The van der Waals surface area contributed by atoms with Gasteiger partial charge in [0.05, 0.1) is 12.6 Å². The molecule has 1 aliphatic heterocycles. The number of aromatic nitrogens is 1. The highest BCUT2D eigenvalue weighted by atomic mass is 16.5. The average Bonchev–Trinajstić information content (AvgIpc) is 3.40. The Morgan fingerprint density at radius 1 is 1.09 bits per heavy atom. The summed E-state index contributed by atoms with van der Waals surface area (Å²) in [5, 5.41) is 1.14. The van der Waals surface area contributed by atoms with Crippen LogP contribution < -0.4 is 10.5 Å². The minimum Gasteiger partial charge on any atom is -0.497 e. The number of hydrogen-bond acceptors (Lipinski definition) is 4. The van der Waals surface area contributed by atoms with E-state index in [1.807, 2.05) is 24.3 Å². The number of anilines is 1. The van der Waals surface area contributed by atoms with Crippen LogP contribution in [0.15, 0.2) is 48.5 Å². The molecule has 0 unspecified atom stereocenters. The Bertz CT molecular complexity index is 854. The molecule has 1 aromatic heterocycles. The van der Waals surface area contributed by atoms with Crippen LogP contribution in [0.5, 0.6) is 5.75 Å². The maximum Gasteiger partial charge on any atom is 0.129 e. The van der Waals surface area contributed by atoms with Crippen LogP contribution in [-0.2, 0) is 6.54 Å². The first-order valence-electron chi connectivity index (χ1n) is 7.80. The van der Waals surface area contributed by atoms with Crippen LogP contribution >= 0.6 is 0 Å². The molecular formula is C19H19N3O. The number of para-hydroxylation sites is 1. The molecule has 0 amide bonds. The SMILES string of the molecule is COc1ccc(-c2c(CN3CC3)c(N)nc3ccccc23)cc1. The van der Waals surface area contributed by atoms with Gasteiger partial charge in [0.15, 0.2) is 0 Å². The van der Waals surface area contributed by atoms with Gasteiger partial charge in [0.1, 0.15) is 11.6 Å². The molecule has 0 saturated carbocycles. The van der Waals surface area contributed by atoms with Crippen LogP contribution in [0.1, 0.15) is 5.56 Å². The van der Waals surface area contributed by atoms with Crippen LogP contribution in [0.25, 0.3) is 22.0 Å². The normalized spacial score (nSPS) is 14.1. The maximum absolute atomic E-state index is 6.29. The van der Waals surface area contributed by atoms with Crippen molar-refractivity contribution >= 4 is 16.7 Å². The molecule has 0 spiro atoms. The fourth-order valence-corrected chi connectivity index (χ4v) is 2.97. The van der Waals surface area contributed by atoms with Crippen LogP contribution in [0.4, 0.5) is 5.82 Å². The van der Waals surface area contributed by atoms with E-state index in [9.17, 15) is 0 Å². The van der Waals surface area contributed by atoms with E-state index in [-0.39, 0.29) is 0 Å². The predicted molar refractivity (Wildman–Crippen MR) is 93.4 cm³/mol. The van der Waals surface area contributed by atoms with Crippen molar-refractivity contribution in [2.45, 2.75) is 6.54 Å². The second kappa shape index (κ2) is 5.56. The van der Waals surface area contributed by atoms with Gasteiger partial charge in [-0.15, -0.1) is 0 Å². The van der Waals surface area contributed by atoms with Gasteiger partial charge in [-0.3, -0.25) is 4.90 Å². The van der Waals surface area contributed by atoms with Gasteiger partial charge in [0.2, 0.25) is 0 Å². The van der Waals surface area contributed by atoms with E-state index in [0.717, 1.165) is 47.4 Å². The Balaban J connectivity index is 1.95. The maximum atomic E-state index is 6.29. The predicted octanol–water partition coefficient (Wildman–Crippen LogP) is 3.31. The molecular weight excluding hydrogens is 286 g/mol. The summed E-state index contributed by atoms with van der Waals surface area (Å²) >= 11 is 0. The number of ether oxygens (including phenoxy) is 1. The third-order valence-corrected chi connectivity index (χ3v) is 4.33. The number of nitrogen functional groups attached to an aromatic ring is 1. The number of pyridine rings is 1. The molecule has 116 valence electrons. The highest BCUT2D eigenvalue weighted by molar-refractivity contribution is 5.98. The van der Waals surface area contributed by atoms with Gasteiger partial charge in [0.25, 0.3) is 0 Å². The lowest BCUT2D eigenvalue weighted by molar-refractivity contribution is 0.415. The van der Waals surface area contributed by atoms with Crippen LogP contribution in [0, 0.1) is 0 Å². The van der Waals surface area contributed by atoms with E-state index < -0.39 is 0 Å². The van der Waals surface area contributed by atoms with Gasteiger partial charge < -0.3 is 10.5 Å². The monoisotopic (exact) mass is 305 g/mol. The van der Waals surface area contributed by atoms with E-state index in [1.165, 1.54) is 5.56 Å². The quantitative estimate of drug-likeness (QED) is 0.751. The molecule has 4 heteroatoms. The topological polar surface area (TPSA) is 51.1 Å². The van der Waals surface area contributed by atoms with E-state index in [0.29, 0.717) is 5.82 Å². The minimum absolute atomic E-state index is 0.626. The van der Waals surface area contributed by atoms with E-state index in [1.54, 1.807) is 7.11 Å². The largest absolute Gasteiger partial charge is 0.497 e. The van der Waals surface area contributed by atoms with Crippen LogP contribution in [0.3, 0.4) is 0 Å². The molecule has 2 N–H and O–H groups in total. The Hall–Kier alpha value is -2.59. The number of benzene rings is 2. The smallest absolute Gasteiger partial charge is 0.129 e. The van der Waals surface area contributed by atoms with Gasteiger partial charge in [-0.2, -0.15) is 0 Å². The Kier molecular flexibility index (Phi) is 3.39. The molecule has 23 heavy (non-hydrogen) atoms. The van der Waals surface area contributed by atoms with Gasteiger partial charge in [-0.1, -0.05) is 30.3 Å². The summed E-state index contributed by atoms with van der Waals surface area (Å²) < 4.78 is 5.28. The molecule has 0 radical (unpaired) electrons. The number of nitrogens with two attached hydrogens (primary N) is 1. The standard InChI is InChI=1S/C19H19N3O/c1-23-14-8-6-13(7-9-14)18-15-4-2-3-5-17(15)21-19(20)16(18)12-22-10-11-22/h2-9H,10-12H2,1H3,(H2,20,21). The Morgan fingerprint density at radius 2 is 1.83 bits per heavy atom. The fourth-order valence-electron chi connectivity index (χ4n) is 2.97. The highest BCUT2D eigenvalue weighted by Crippen LogP contribution is 2.36. The lowest BCUT2D eigenvalue weighted by Crippen LogP contribution is -2.06. The molecule has 0 atom stereocenters. The number of fused-ring (bicyclic) bond motifs is 1. The van der Waals surface area contributed by atoms with E-state index in [4.69, 9.17) is 10.5 Å². The van der Waals surface area contributed by atoms with Crippen molar-refractivity contribution in [1.82, 2.24) is 9.88 Å². The summed E-state index contributed by atoms with van der Waals surface area (Å²) in [5.41, 5.74) is 10.7. The van der Waals surface area contributed by atoms with E-state index >= 15 is 0 Å². The Labute approximate surface area is 135 Å². The van der Waals surface area contributed by atoms with E-state index in [2.05, 4.69) is 34.1 Å². The number of nitrogens with zero attached hydrogens (tertiary/aromatic N) is 2. The summed E-state index contributed by atoms with van der Waals surface area (Å²) in [6, 6.07) is 16.3. The molecule has 2 aromatic carbocycles. The summed E-state index contributed by atoms with van der Waals surface area (Å²) in [6.07, 6.45) is 0. The highest BCUT2D eigenvalue weighted by Gasteiger charge is 2.22. The molecule has 4 rings (SSSR count). The molecule has 4 nitrogen and oxygen atoms in total. The number of methoxy groups -OCH3 is 1. The zero-order valence-corrected chi connectivity index (χ0v) is 13.1. The summed E-state index contributed by atoms with van der Waals surface area (Å²) in [5.74, 6) is 1.48. The lowest BCUT2D eigenvalue weighted by atomic mass is 9.95. The van der Waals surface area contributed by atoms with Gasteiger partial charge >= 0.3 is 0 Å². The zero-order valence-electron chi connectivity index (χ0n) is 13.1. The second-order valence-corrected chi connectivity index (χ2v) is 5.87. The van der Waals surface area contributed by atoms with Crippen molar-refractivity contribution in [2.75, 3.05) is 25.9 Å². The minimum atomic E-state index is 0.626. The first kappa shape index (κ1) is 14.0. The van der Waals surface area contributed by atoms with Crippen molar-refractivity contribution in [1.29, 1.82) is 0 Å². The van der Waals surface area contributed by atoms with Crippen molar-refractivity contribution in [3.05, 3.63) is 54.1 Å². The van der Waals surface area contributed by atoms with Crippen LogP contribution in [0.2, 0.25) is 0 Å². The van der Waals surface area contributed by atoms with Crippen molar-refractivity contribution < 1.29 is 4.74 Å². The first-order chi connectivity index (χ1) is 11.3. The fraction of sp³-hybridized carbons (Fsp3) is 0.211. The molecule has 0 bridgehead atoms. The molecule has 2 heterocycles. The third-order valence-electron chi connectivity index (χ3n) is 4.33. The third kappa shape index (κ3) is 2.62. The van der Waals surface area contributed by atoms with Crippen molar-refractivity contribution in [3.63, 3.8) is 0 Å². The number of rotatable bonds is 4. The first-order valence-corrected chi connectivity index (χ1v) is 7.80. The molecule has 0 aliphatic carbocycles. The molecule has 3 aromatic rings. The zero-order chi connectivity index (χ0) is 15.8. The Morgan fingerprint density at radius 3 is 2.52 bits per heavy atom. The number of hydrogen-bond donors (Lipinski definition) is 1. The van der Waals surface area contributed by atoms with Gasteiger partial charge in [-0.25, -0.2) is 4.98 Å². The van der Waals surface area contributed by atoms with Crippen molar-refractivity contribution in [2.24, 2.45) is 0 Å². The van der Waals surface area contributed by atoms with Gasteiger partial charge in [0, 0.05) is 30.6 Å². The summed E-state index contributed by atoms with van der Waals surface area (Å²) in [6.45, 7) is 3.12. The van der Waals surface area contributed by atoms with Crippen molar-refractivity contribution in [3.8, 4) is 16.9 Å². The summed E-state index contributed by atoms with van der Waals surface area (Å²) in [4.78, 5) is 6.96. The lowest BCUT2D eigenvalue weighted by Gasteiger charge is -2.16. The molecule has 1 saturated heterocycles.